The highest BCUT2D eigenvalue weighted by Crippen LogP contribution is 2.37. The van der Waals surface area contributed by atoms with Gasteiger partial charge in [0.25, 0.3) is 0 Å². The second-order valence-corrected chi connectivity index (χ2v) is 5.44. The first-order chi connectivity index (χ1) is 8.19. The lowest BCUT2D eigenvalue weighted by molar-refractivity contribution is 0.281. The van der Waals surface area contributed by atoms with Gasteiger partial charge in [0.15, 0.2) is 0 Å². The summed E-state index contributed by atoms with van der Waals surface area (Å²) in [5, 5.41) is 3.62. The maximum Gasteiger partial charge on any atom is 0.118 e. The zero-order valence-electron chi connectivity index (χ0n) is 11.1. The molecule has 0 aliphatic heterocycles. The number of nitrogens with one attached hydrogen (secondary N) is 1. The molecule has 2 heteroatoms. The van der Waals surface area contributed by atoms with Gasteiger partial charge in [-0.25, -0.2) is 0 Å². The highest BCUT2D eigenvalue weighted by molar-refractivity contribution is 5.30. The summed E-state index contributed by atoms with van der Waals surface area (Å²) in [6.07, 6.45) is 2.55. The van der Waals surface area contributed by atoms with Crippen LogP contribution in [0.1, 0.15) is 38.2 Å². The van der Waals surface area contributed by atoms with Crippen molar-refractivity contribution in [3.63, 3.8) is 0 Å². The zero-order valence-corrected chi connectivity index (χ0v) is 11.1. The molecule has 17 heavy (non-hydrogen) atoms. The Balaban J connectivity index is 1.78. The van der Waals surface area contributed by atoms with Crippen LogP contribution in [0.4, 0.5) is 0 Å². The van der Waals surface area contributed by atoms with Crippen LogP contribution < -0.4 is 10.1 Å². The molecule has 0 amide bonds. The molecule has 0 saturated heterocycles. The molecule has 0 atom stereocenters. The first-order valence-corrected chi connectivity index (χ1v) is 6.56. The van der Waals surface area contributed by atoms with Crippen LogP contribution in [0, 0.1) is 5.92 Å². The number of methoxy groups -OCH3 is 1. The van der Waals surface area contributed by atoms with E-state index in [-0.39, 0.29) is 0 Å². The van der Waals surface area contributed by atoms with E-state index in [1.807, 2.05) is 0 Å². The van der Waals surface area contributed by atoms with E-state index in [2.05, 4.69) is 43.4 Å². The summed E-state index contributed by atoms with van der Waals surface area (Å²) in [6.45, 7) is 5.65. The molecule has 0 bridgehead atoms. The Morgan fingerprint density at radius 2 is 1.88 bits per heavy atom. The molecule has 1 aromatic carbocycles. The van der Waals surface area contributed by atoms with Crippen molar-refractivity contribution in [1.82, 2.24) is 5.32 Å². The Bertz CT molecular complexity index is 338. The van der Waals surface area contributed by atoms with Crippen molar-refractivity contribution in [2.45, 2.75) is 38.6 Å². The van der Waals surface area contributed by atoms with Crippen LogP contribution in [0.2, 0.25) is 0 Å². The Hall–Kier alpha value is -1.02. The van der Waals surface area contributed by atoms with E-state index in [0.29, 0.717) is 0 Å². The molecule has 2 rings (SSSR count). The fourth-order valence-corrected chi connectivity index (χ4v) is 2.34. The third-order valence-corrected chi connectivity index (χ3v) is 3.54. The number of hydrogen-bond acceptors (Lipinski definition) is 2. The Kier molecular flexibility index (Phi) is 4.06. The van der Waals surface area contributed by atoms with Crippen LogP contribution in [0.3, 0.4) is 0 Å². The first-order valence-electron chi connectivity index (χ1n) is 6.56. The van der Waals surface area contributed by atoms with Crippen molar-refractivity contribution >= 4 is 0 Å². The van der Waals surface area contributed by atoms with Crippen LogP contribution in [-0.2, 0) is 0 Å². The van der Waals surface area contributed by atoms with E-state index < -0.39 is 0 Å². The van der Waals surface area contributed by atoms with E-state index in [1.54, 1.807) is 7.11 Å². The van der Waals surface area contributed by atoms with Crippen LogP contribution in [0.5, 0.6) is 5.75 Å². The van der Waals surface area contributed by atoms with Crippen molar-refractivity contribution < 1.29 is 4.74 Å². The van der Waals surface area contributed by atoms with Crippen LogP contribution in [0.15, 0.2) is 24.3 Å². The maximum absolute atomic E-state index is 5.17. The largest absolute Gasteiger partial charge is 0.497 e. The summed E-state index contributed by atoms with van der Waals surface area (Å²) >= 11 is 0. The molecule has 0 heterocycles. The van der Waals surface area contributed by atoms with Gasteiger partial charge in [0.05, 0.1) is 7.11 Å². The second-order valence-electron chi connectivity index (χ2n) is 5.44. The summed E-state index contributed by atoms with van der Waals surface area (Å²) in [4.78, 5) is 0. The van der Waals surface area contributed by atoms with Crippen LogP contribution in [0.25, 0.3) is 0 Å². The normalized spacial score (nSPS) is 23.5. The number of ether oxygens (including phenoxy) is 1. The summed E-state index contributed by atoms with van der Waals surface area (Å²) < 4.78 is 5.17. The van der Waals surface area contributed by atoms with Gasteiger partial charge >= 0.3 is 0 Å². The summed E-state index contributed by atoms with van der Waals surface area (Å²) in [7, 11) is 1.71. The summed E-state index contributed by atoms with van der Waals surface area (Å²) in [5.74, 6) is 2.43. The molecule has 2 nitrogen and oxygen atoms in total. The van der Waals surface area contributed by atoms with Gasteiger partial charge in [0.1, 0.15) is 5.75 Å². The van der Waals surface area contributed by atoms with Gasteiger partial charge in [0, 0.05) is 6.04 Å². The van der Waals surface area contributed by atoms with Gasteiger partial charge in [-0.05, 0) is 48.9 Å². The van der Waals surface area contributed by atoms with E-state index in [4.69, 9.17) is 4.74 Å². The zero-order chi connectivity index (χ0) is 12.3. The second kappa shape index (κ2) is 5.54. The van der Waals surface area contributed by atoms with Crippen molar-refractivity contribution in [3.8, 4) is 5.75 Å². The van der Waals surface area contributed by atoms with Crippen molar-refractivity contribution in [2.24, 2.45) is 5.92 Å². The number of hydrogen-bond donors (Lipinski definition) is 1. The highest BCUT2D eigenvalue weighted by atomic mass is 16.5. The molecular formula is C15H23NO. The average Bonchev–Trinajstić information content (AvgIpc) is 2.27. The Labute approximate surface area is 104 Å². The number of benzene rings is 1. The van der Waals surface area contributed by atoms with E-state index in [1.165, 1.54) is 18.4 Å². The van der Waals surface area contributed by atoms with Crippen molar-refractivity contribution in [2.75, 3.05) is 13.7 Å². The fourth-order valence-electron chi connectivity index (χ4n) is 2.34. The standard InChI is InChI=1S/C15H23NO/c1-11(2)10-16-14-8-13(9-14)12-4-6-15(17-3)7-5-12/h4-7,11,13-14,16H,8-10H2,1-3H3. The van der Waals surface area contributed by atoms with E-state index >= 15 is 0 Å². The average molecular weight is 233 g/mol. The molecule has 94 valence electrons. The van der Waals surface area contributed by atoms with Crippen LogP contribution >= 0.6 is 0 Å². The van der Waals surface area contributed by atoms with Gasteiger partial charge in [0.2, 0.25) is 0 Å². The lowest BCUT2D eigenvalue weighted by Crippen LogP contribution is -2.41. The van der Waals surface area contributed by atoms with E-state index in [0.717, 1.165) is 30.2 Å². The number of rotatable bonds is 5. The molecule has 0 aromatic heterocycles. The molecular weight excluding hydrogens is 210 g/mol. The Morgan fingerprint density at radius 3 is 2.41 bits per heavy atom. The minimum Gasteiger partial charge on any atom is -0.497 e. The first kappa shape index (κ1) is 12.4. The minimum absolute atomic E-state index is 0.726. The predicted molar refractivity (Wildman–Crippen MR) is 71.6 cm³/mol. The smallest absolute Gasteiger partial charge is 0.118 e. The van der Waals surface area contributed by atoms with Gasteiger partial charge in [-0.2, -0.15) is 0 Å². The molecule has 1 fully saturated rings. The quantitative estimate of drug-likeness (QED) is 0.843. The molecule has 1 saturated carbocycles. The van der Waals surface area contributed by atoms with Gasteiger partial charge in [-0.1, -0.05) is 26.0 Å². The van der Waals surface area contributed by atoms with Gasteiger partial charge in [-0.3, -0.25) is 0 Å². The monoisotopic (exact) mass is 233 g/mol. The van der Waals surface area contributed by atoms with Crippen LogP contribution in [-0.4, -0.2) is 19.7 Å². The van der Waals surface area contributed by atoms with E-state index in [9.17, 15) is 0 Å². The SMILES string of the molecule is COc1ccc(C2CC(NCC(C)C)C2)cc1. The maximum atomic E-state index is 5.17. The molecule has 0 spiro atoms. The molecule has 1 aliphatic rings. The molecule has 1 N–H and O–H groups in total. The predicted octanol–water partition coefficient (Wildman–Crippen LogP) is 3.19. The van der Waals surface area contributed by atoms with Gasteiger partial charge in [-0.15, -0.1) is 0 Å². The van der Waals surface area contributed by atoms with Crippen molar-refractivity contribution in [1.29, 1.82) is 0 Å². The lowest BCUT2D eigenvalue weighted by atomic mass is 9.76. The highest BCUT2D eigenvalue weighted by Gasteiger charge is 2.29. The van der Waals surface area contributed by atoms with Gasteiger partial charge < -0.3 is 10.1 Å². The minimum atomic E-state index is 0.726. The molecule has 1 aromatic rings. The fraction of sp³-hybridized carbons (Fsp3) is 0.600. The topological polar surface area (TPSA) is 21.3 Å². The summed E-state index contributed by atoms with van der Waals surface area (Å²) in [5.41, 5.74) is 1.45. The Morgan fingerprint density at radius 1 is 1.24 bits per heavy atom. The lowest BCUT2D eigenvalue weighted by Gasteiger charge is -2.37. The molecule has 1 aliphatic carbocycles. The third kappa shape index (κ3) is 3.22. The molecule has 0 radical (unpaired) electrons. The summed E-state index contributed by atoms with van der Waals surface area (Å²) in [6, 6.07) is 9.24. The third-order valence-electron chi connectivity index (χ3n) is 3.54. The molecule has 0 unspecified atom stereocenters. The van der Waals surface area contributed by atoms with Crippen molar-refractivity contribution in [3.05, 3.63) is 29.8 Å².